The predicted octanol–water partition coefficient (Wildman–Crippen LogP) is 0.832. The summed E-state index contributed by atoms with van der Waals surface area (Å²) in [7, 11) is 0. The van der Waals surface area contributed by atoms with Crippen molar-refractivity contribution >= 4 is 17.9 Å². The van der Waals surface area contributed by atoms with Gasteiger partial charge in [-0.25, -0.2) is 0 Å². The first-order chi connectivity index (χ1) is 23.5. The third-order valence-corrected chi connectivity index (χ3v) is 5.69. The zero-order valence-corrected chi connectivity index (χ0v) is 28.3. The van der Waals surface area contributed by atoms with E-state index in [1.165, 1.54) is 0 Å². The lowest BCUT2D eigenvalue weighted by Crippen LogP contribution is -2.15. The molecule has 284 valence electrons. The summed E-state index contributed by atoms with van der Waals surface area (Å²) in [6.07, 6.45) is 1.21. The fraction of sp³-hybridized carbons (Fsp3) is 0.903. The van der Waals surface area contributed by atoms with Gasteiger partial charge >= 0.3 is 17.9 Å². The molecular formula is C31H58O17. The van der Waals surface area contributed by atoms with Crippen molar-refractivity contribution in [1.29, 1.82) is 0 Å². The fourth-order valence-electron chi connectivity index (χ4n) is 3.29. The number of ether oxygens (including phenoxy) is 12. The quantitative estimate of drug-likeness (QED) is 0.0669. The normalized spacial score (nSPS) is 11.2. The molecule has 0 radical (unpaired) electrons. The summed E-state index contributed by atoms with van der Waals surface area (Å²) >= 11 is 0. The van der Waals surface area contributed by atoms with Crippen molar-refractivity contribution in [3.8, 4) is 0 Å². The fourth-order valence-corrected chi connectivity index (χ4v) is 3.29. The average molecular weight is 703 g/mol. The van der Waals surface area contributed by atoms with Crippen LogP contribution in [0.15, 0.2) is 0 Å². The maximum atomic E-state index is 11.5. The van der Waals surface area contributed by atoms with Crippen LogP contribution in [0.2, 0.25) is 0 Å². The van der Waals surface area contributed by atoms with Crippen LogP contribution in [-0.2, 0) is 71.2 Å². The van der Waals surface area contributed by atoms with Crippen LogP contribution in [-0.4, -0.2) is 180 Å². The number of carboxylic acids is 2. The second-order valence-corrected chi connectivity index (χ2v) is 9.70. The van der Waals surface area contributed by atoms with E-state index in [1.54, 1.807) is 0 Å². The molecule has 0 aromatic carbocycles. The molecule has 2 N–H and O–H groups in total. The molecule has 0 unspecified atom stereocenters. The highest BCUT2D eigenvalue weighted by atomic mass is 16.6. The highest BCUT2D eigenvalue weighted by molar-refractivity contribution is 5.69. The van der Waals surface area contributed by atoms with Crippen LogP contribution in [0.4, 0.5) is 0 Å². The molecule has 17 nitrogen and oxygen atoms in total. The molecule has 0 fully saturated rings. The molecule has 0 aliphatic rings. The lowest BCUT2D eigenvalue weighted by atomic mass is 10.2. The van der Waals surface area contributed by atoms with Gasteiger partial charge in [-0.2, -0.15) is 0 Å². The lowest BCUT2D eigenvalue weighted by molar-refractivity contribution is -0.146. The smallest absolute Gasteiger partial charge is 0.305 e. The van der Waals surface area contributed by atoms with E-state index in [9.17, 15) is 14.4 Å². The molecule has 0 aromatic heterocycles. The number of rotatable bonds is 41. The topological polar surface area (TPSA) is 202 Å². The minimum absolute atomic E-state index is 0.00998. The summed E-state index contributed by atoms with van der Waals surface area (Å²) in [5.74, 6) is -2.10. The molecule has 0 amide bonds. The van der Waals surface area contributed by atoms with Gasteiger partial charge in [0.05, 0.1) is 152 Å². The van der Waals surface area contributed by atoms with Crippen LogP contribution in [0.1, 0.15) is 32.1 Å². The van der Waals surface area contributed by atoms with Crippen molar-refractivity contribution in [1.82, 2.24) is 0 Å². The number of hydrogen-bond acceptors (Lipinski definition) is 15. The summed E-state index contributed by atoms with van der Waals surface area (Å²) in [6.45, 7) is 9.50. The van der Waals surface area contributed by atoms with Gasteiger partial charge in [0.2, 0.25) is 0 Å². The van der Waals surface area contributed by atoms with Crippen LogP contribution in [0.25, 0.3) is 0 Å². The van der Waals surface area contributed by atoms with Crippen LogP contribution < -0.4 is 0 Å². The zero-order chi connectivity index (χ0) is 35.0. The van der Waals surface area contributed by atoms with Gasteiger partial charge < -0.3 is 67.1 Å². The van der Waals surface area contributed by atoms with Gasteiger partial charge in [0.15, 0.2) is 0 Å². The van der Waals surface area contributed by atoms with E-state index >= 15 is 0 Å². The Hall–Kier alpha value is -2.03. The maximum Gasteiger partial charge on any atom is 0.305 e. The maximum absolute atomic E-state index is 11.5. The molecular weight excluding hydrogens is 644 g/mol. The van der Waals surface area contributed by atoms with Crippen LogP contribution in [0, 0.1) is 0 Å². The zero-order valence-electron chi connectivity index (χ0n) is 28.3. The monoisotopic (exact) mass is 702 g/mol. The van der Waals surface area contributed by atoms with Crippen LogP contribution in [0.3, 0.4) is 0 Å². The van der Waals surface area contributed by atoms with Gasteiger partial charge in [0, 0.05) is 12.8 Å². The van der Waals surface area contributed by atoms with E-state index in [2.05, 4.69) is 0 Å². The molecule has 0 atom stereocenters. The number of aliphatic carboxylic acids is 2. The van der Waals surface area contributed by atoms with Gasteiger partial charge in [-0.1, -0.05) is 0 Å². The Morgan fingerprint density at radius 3 is 0.792 bits per heavy atom. The second-order valence-electron chi connectivity index (χ2n) is 9.70. The minimum Gasteiger partial charge on any atom is -0.481 e. The van der Waals surface area contributed by atoms with Crippen molar-refractivity contribution in [3.05, 3.63) is 0 Å². The first kappa shape index (κ1) is 46.0. The van der Waals surface area contributed by atoms with Gasteiger partial charge in [0.1, 0.15) is 6.61 Å². The Morgan fingerprint density at radius 2 is 0.521 bits per heavy atom. The van der Waals surface area contributed by atoms with Crippen LogP contribution >= 0.6 is 0 Å². The average Bonchev–Trinajstić information content (AvgIpc) is 3.06. The molecule has 0 rings (SSSR count). The first-order valence-corrected chi connectivity index (χ1v) is 16.5. The van der Waals surface area contributed by atoms with Crippen molar-refractivity contribution < 1.29 is 81.4 Å². The summed E-state index contributed by atoms with van der Waals surface area (Å²) in [4.78, 5) is 32.2. The Kier molecular flexibility index (Phi) is 37.7. The SMILES string of the molecule is O=C(O)CCCCC(=O)OCCOCCOCCOCCOCCOCCOCCOCCOCCOCCOCCOCCC(=O)O. The molecule has 0 aromatic rings. The van der Waals surface area contributed by atoms with Crippen molar-refractivity contribution in [2.75, 3.05) is 152 Å². The summed E-state index contributed by atoms with van der Waals surface area (Å²) in [5.41, 5.74) is 0. The Morgan fingerprint density at radius 1 is 0.292 bits per heavy atom. The Balaban J connectivity index is 3.10. The summed E-state index contributed by atoms with van der Waals surface area (Å²) in [5, 5.41) is 17.0. The lowest BCUT2D eigenvalue weighted by Gasteiger charge is -2.09. The standard InChI is InChI=1S/C31H58O17/c32-29(33)3-1-2-4-31(36)48-28-27-47-26-25-46-24-23-45-22-21-44-20-19-43-18-17-42-16-15-41-14-13-40-12-11-39-10-9-38-8-7-37-6-5-30(34)35/h1-28H2,(H,32,33)(H,34,35). The molecule has 0 bridgehead atoms. The van der Waals surface area contributed by atoms with E-state index in [0.717, 1.165) is 0 Å². The van der Waals surface area contributed by atoms with E-state index in [4.69, 9.17) is 67.1 Å². The molecule has 0 heterocycles. The molecule has 0 aliphatic carbocycles. The number of carbonyl (C=O) groups is 3. The number of unbranched alkanes of at least 4 members (excludes halogenated alkanes) is 1. The first-order valence-electron chi connectivity index (χ1n) is 16.5. The highest BCUT2D eigenvalue weighted by Gasteiger charge is 2.04. The Labute approximate surface area is 283 Å². The molecule has 17 heteroatoms. The van der Waals surface area contributed by atoms with Gasteiger partial charge in [0.25, 0.3) is 0 Å². The molecule has 0 aliphatic heterocycles. The van der Waals surface area contributed by atoms with E-state index in [0.29, 0.717) is 145 Å². The van der Waals surface area contributed by atoms with Gasteiger partial charge in [-0.05, 0) is 12.8 Å². The van der Waals surface area contributed by atoms with Crippen molar-refractivity contribution in [3.63, 3.8) is 0 Å². The minimum atomic E-state index is -0.881. The molecule has 0 spiro atoms. The number of carboxylic acid groups (broad SMARTS) is 2. The predicted molar refractivity (Wildman–Crippen MR) is 168 cm³/mol. The van der Waals surface area contributed by atoms with E-state index in [1.807, 2.05) is 0 Å². The molecule has 0 saturated heterocycles. The van der Waals surface area contributed by atoms with Crippen LogP contribution in [0.5, 0.6) is 0 Å². The largest absolute Gasteiger partial charge is 0.481 e. The van der Waals surface area contributed by atoms with Crippen molar-refractivity contribution in [2.45, 2.75) is 32.1 Å². The molecule has 48 heavy (non-hydrogen) atoms. The summed E-state index contributed by atoms with van der Waals surface area (Å²) < 4.78 is 64.2. The number of carbonyl (C=O) groups excluding carboxylic acids is 1. The third-order valence-electron chi connectivity index (χ3n) is 5.69. The van der Waals surface area contributed by atoms with E-state index in [-0.39, 0.29) is 45.1 Å². The number of hydrogen-bond donors (Lipinski definition) is 2. The molecule has 0 saturated carbocycles. The number of esters is 1. The van der Waals surface area contributed by atoms with Gasteiger partial charge in [-0.3, -0.25) is 14.4 Å². The van der Waals surface area contributed by atoms with Crippen molar-refractivity contribution in [2.24, 2.45) is 0 Å². The van der Waals surface area contributed by atoms with E-state index < -0.39 is 11.9 Å². The summed E-state index contributed by atoms with van der Waals surface area (Å²) in [6, 6.07) is 0. The van der Waals surface area contributed by atoms with Gasteiger partial charge in [-0.15, -0.1) is 0 Å². The highest BCUT2D eigenvalue weighted by Crippen LogP contribution is 2.01. The second kappa shape index (κ2) is 39.4. The third kappa shape index (κ3) is 42.0. The Bertz CT molecular complexity index is 713.